The largest absolute Gasteiger partial charge is 0.484 e. The van der Waals surface area contributed by atoms with E-state index in [0.29, 0.717) is 12.3 Å². The maximum absolute atomic E-state index is 12.8. The molecule has 0 spiro atoms. The van der Waals surface area contributed by atoms with Gasteiger partial charge in [-0.1, -0.05) is 72.8 Å². The van der Waals surface area contributed by atoms with Crippen molar-refractivity contribution >= 4 is 11.8 Å². The van der Waals surface area contributed by atoms with Gasteiger partial charge in [0.15, 0.2) is 12.2 Å². The first kappa shape index (κ1) is 21.6. The van der Waals surface area contributed by atoms with Crippen LogP contribution >= 0.6 is 0 Å². The Bertz CT molecular complexity index is 1070. The minimum absolute atomic E-state index is 0.0921. The summed E-state index contributed by atoms with van der Waals surface area (Å²) in [5.41, 5.74) is 7.56. The van der Waals surface area contributed by atoms with Gasteiger partial charge in [0.2, 0.25) is 0 Å². The SMILES string of the molecule is NC(=O)[C@]1(Cc2cccc(-c3ccccc3)c2)CN(C(=O)COc2ccccc2)CCO1. The molecular weight excluding hydrogens is 404 g/mol. The van der Waals surface area contributed by atoms with Crippen LogP contribution in [0.5, 0.6) is 5.75 Å². The number of rotatable bonds is 7. The van der Waals surface area contributed by atoms with Gasteiger partial charge in [0.1, 0.15) is 5.75 Å². The summed E-state index contributed by atoms with van der Waals surface area (Å²) in [6.45, 7) is 0.603. The minimum Gasteiger partial charge on any atom is -0.484 e. The summed E-state index contributed by atoms with van der Waals surface area (Å²) in [4.78, 5) is 26.9. The van der Waals surface area contributed by atoms with Crippen LogP contribution in [0.3, 0.4) is 0 Å². The molecule has 0 radical (unpaired) electrons. The Morgan fingerprint density at radius 2 is 1.62 bits per heavy atom. The molecule has 1 heterocycles. The van der Waals surface area contributed by atoms with Crippen molar-refractivity contribution in [3.05, 3.63) is 90.5 Å². The number of morpholine rings is 1. The van der Waals surface area contributed by atoms with Crippen molar-refractivity contribution < 1.29 is 19.1 Å². The van der Waals surface area contributed by atoms with E-state index in [4.69, 9.17) is 15.2 Å². The van der Waals surface area contributed by atoms with Gasteiger partial charge >= 0.3 is 0 Å². The first-order valence-electron chi connectivity index (χ1n) is 10.6. The van der Waals surface area contributed by atoms with E-state index >= 15 is 0 Å². The van der Waals surface area contributed by atoms with Gasteiger partial charge in [0.25, 0.3) is 11.8 Å². The van der Waals surface area contributed by atoms with E-state index in [9.17, 15) is 9.59 Å². The monoisotopic (exact) mass is 430 g/mol. The Hall–Kier alpha value is -3.64. The zero-order valence-electron chi connectivity index (χ0n) is 17.8. The van der Waals surface area contributed by atoms with Crippen LogP contribution in [0.2, 0.25) is 0 Å². The number of para-hydroxylation sites is 1. The standard InChI is InChI=1S/C26H26N2O4/c27-25(30)26(17-20-8-7-11-22(16-20)21-9-3-1-4-10-21)19-28(14-15-32-26)24(29)18-31-23-12-5-2-6-13-23/h1-13,16H,14-15,17-19H2,(H2,27,30)/t26-/m0/s1. The van der Waals surface area contributed by atoms with Gasteiger partial charge in [-0.3, -0.25) is 9.59 Å². The normalized spacial score (nSPS) is 18.2. The van der Waals surface area contributed by atoms with Crippen molar-refractivity contribution in [1.82, 2.24) is 4.90 Å². The van der Waals surface area contributed by atoms with Gasteiger partial charge in [-0.2, -0.15) is 0 Å². The van der Waals surface area contributed by atoms with Crippen molar-refractivity contribution in [2.75, 3.05) is 26.3 Å². The van der Waals surface area contributed by atoms with Crippen molar-refractivity contribution in [2.45, 2.75) is 12.0 Å². The summed E-state index contributed by atoms with van der Waals surface area (Å²) in [5, 5.41) is 0. The molecule has 1 aliphatic heterocycles. The molecule has 0 unspecified atom stereocenters. The number of hydrogen-bond acceptors (Lipinski definition) is 4. The van der Waals surface area contributed by atoms with Gasteiger partial charge < -0.3 is 20.1 Å². The number of hydrogen-bond donors (Lipinski definition) is 1. The molecular formula is C26H26N2O4. The highest BCUT2D eigenvalue weighted by Gasteiger charge is 2.43. The summed E-state index contributed by atoms with van der Waals surface area (Å²) >= 11 is 0. The number of primary amides is 1. The molecule has 1 aliphatic rings. The number of carbonyl (C=O) groups is 2. The summed E-state index contributed by atoms with van der Waals surface area (Å²) < 4.78 is 11.5. The fourth-order valence-corrected chi connectivity index (χ4v) is 3.91. The third-order valence-electron chi connectivity index (χ3n) is 5.62. The molecule has 2 amide bonds. The van der Waals surface area contributed by atoms with Crippen LogP contribution < -0.4 is 10.5 Å². The van der Waals surface area contributed by atoms with E-state index in [0.717, 1.165) is 16.7 Å². The van der Waals surface area contributed by atoms with Crippen LogP contribution in [0.15, 0.2) is 84.9 Å². The molecule has 164 valence electrons. The summed E-state index contributed by atoms with van der Waals surface area (Å²) in [5.74, 6) is -0.169. The van der Waals surface area contributed by atoms with E-state index in [1.807, 2.05) is 72.8 Å². The Balaban J connectivity index is 1.48. The summed E-state index contributed by atoms with van der Waals surface area (Å²) in [7, 11) is 0. The molecule has 1 atom stereocenters. The second-order valence-corrected chi connectivity index (χ2v) is 7.87. The molecule has 3 aromatic carbocycles. The number of nitrogens with zero attached hydrogens (tertiary/aromatic N) is 1. The lowest BCUT2D eigenvalue weighted by molar-refractivity contribution is -0.164. The molecule has 0 bridgehead atoms. The highest BCUT2D eigenvalue weighted by atomic mass is 16.5. The van der Waals surface area contributed by atoms with Crippen LogP contribution in [-0.4, -0.2) is 48.6 Å². The molecule has 3 aromatic rings. The first-order chi connectivity index (χ1) is 15.6. The number of benzene rings is 3. The lowest BCUT2D eigenvalue weighted by atomic mass is 9.90. The zero-order valence-corrected chi connectivity index (χ0v) is 17.8. The average molecular weight is 431 g/mol. The van der Waals surface area contributed by atoms with Crippen molar-refractivity contribution in [1.29, 1.82) is 0 Å². The van der Waals surface area contributed by atoms with Crippen LogP contribution in [-0.2, 0) is 20.7 Å². The molecule has 0 saturated carbocycles. The van der Waals surface area contributed by atoms with Crippen molar-refractivity contribution in [3.8, 4) is 16.9 Å². The van der Waals surface area contributed by atoms with Gasteiger partial charge in [-0.25, -0.2) is 0 Å². The lowest BCUT2D eigenvalue weighted by Crippen LogP contribution is -2.61. The predicted molar refractivity (Wildman–Crippen MR) is 122 cm³/mol. The van der Waals surface area contributed by atoms with Crippen LogP contribution in [0.4, 0.5) is 0 Å². The van der Waals surface area contributed by atoms with E-state index in [-0.39, 0.29) is 32.1 Å². The number of nitrogens with two attached hydrogens (primary N) is 1. The van der Waals surface area contributed by atoms with Gasteiger partial charge in [0, 0.05) is 13.0 Å². The molecule has 0 aliphatic carbocycles. The molecule has 0 aromatic heterocycles. The van der Waals surface area contributed by atoms with Crippen molar-refractivity contribution in [3.63, 3.8) is 0 Å². The number of carbonyl (C=O) groups excluding carboxylic acids is 2. The van der Waals surface area contributed by atoms with Gasteiger partial charge in [-0.05, 0) is 28.8 Å². The van der Waals surface area contributed by atoms with E-state index in [2.05, 4.69) is 0 Å². The summed E-state index contributed by atoms with van der Waals surface area (Å²) in [6, 6.07) is 27.1. The smallest absolute Gasteiger partial charge is 0.260 e. The molecule has 4 rings (SSSR count). The zero-order chi connectivity index (χ0) is 22.4. The molecule has 6 heteroatoms. The molecule has 32 heavy (non-hydrogen) atoms. The molecule has 1 fully saturated rings. The Morgan fingerprint density at radius 1 is 0.938 bits per heavy atom. The Morgan fingerprint density at radius 3 is 2.34 bits per heavy atom. The van der Waals surface area contributed by atoms with E-state index in [1.54, 1.807) is 17.0 Å². The second kappa shape index (κ2) is 9.66. The Labute approximate surface area is 187 Å². The third kappa shape index (κ3) is 4.98. The van der Waals surface area contributed by atoms with Crippen LogP contribution in [0.1, 0.15) is 5.56 Å². The van der Waals surface area contributed by atoms with Gasteiger partial charge in [-0.15, -0.1) is 0 Å². The molecule has 2 N–H and O–H groups in total. The molecule has 1 saturated heterocycles. The number of ether oxygens (including phenoxy) is 2. The quantitative estimate of drug-likeness (QED) is 0.625. The average Bonchev–Trinajstić information content (AvgIpc) is 2.84. The maximum atomic E-state index is 12.8. The minimum atomic E-state index is -1.28. The number of amides is 2. The van der Waals surface area contributed by atoms with Crippen molar-refractivity contribution in [2.24, 2.45) is 5.73 Å². The topological polar surface area (TPSA) is 81.9 Å². The fourth-order valence-electron chi connectivity index (χ4n) is 3.91. The first-order valence-corrected chi connectivity index (χ1v) is 10.6. The van der Waals surface area contributed by atoms with E-state index in [1.165, 1.54) is 0 Å². The molecule has 6 nitrogen and oxygen atoms in total. The summed E-state index contributed by atoms with van der Waals surface area (Å²) in [6.07, 6.45) is 0.284. The lowest BCUT2D eigenvalue weighted by Gasteiger charge is -2.40. The maximum Gasteiger partial charge on any atom is 0.260 e. The van der Waals surface area contributed by atoms with E-state index < -0.39 is 11.5 Å². The van der Waals surface area contributed by atoms with Crippen LogP contribution in [0.25, 0.3) is 11.1 Å². The highest BCUT2D eigenvalue weighted by Crippen LogP contribution is 2.27. The predicted octanol–water partition coefficient (Wildman–Crippen LogP) is 3.06. The fraction of sp³-hybridized carbons (Fsp3) is 0.231. The second-order valence-electron chi connectivity index (χ2n) is 7.87. The van der Waals surface area contributed by atoms with Crippen LogP contribution in [0, 0.1) is 0 Å². The highest BCUT2D eigenvalue weighted by molar-refractivity contribution is 5.86. The van der Waals surface area contributed by atoms with Gasteiger partial charge in [0.05, 0.1) is 13.2 Å². The third-order valence-corrected chi connectivity index (χ3v) is 5.62. The Kier molecular flexibility index (Phi) is 6.52.